The Balaban J connectivity index is 1.60. The predicted octanol–water partition coefficient (Wildman–Crippen LogP) is 7.20. The van der Waals surface area contributed by atoms with Crippen LogP contribution in [0.3, 0.4) is 0 Å². The SMILES string of the molecule is CO[C@H]([C@H](C)C=CN(C)C=O)[C@@H](C)C(=O)CC[C@H](C)[C@@H](C[C@@H]1OC(=O)C[C@H](OC(N)=O)C[C@H](C)C[C@H](O)[C@H](C)[C@@H](OC)c2coc(n2)-c2coc(n2)-c2coc(n2)C=CC[C@H](OC)[C@H]1C)OC. The quantitative estimate of drug-likeness (QED) is 0.100. The Morgan fingerprint density at radius 3 is 2.28 bits per heavy atom. The number of aromatic nitrogens is 3. The van der Waals surface area contributed by atoms with Crippen molar-refractivity contribution in [1.29, 1.82) is 0 Å². The van der Waals surface area contributed by atoms with Crippen molar-refractivity contribution in [1.82, 2.24) is 19.9 Å². The summed E-state index contributed by atoms with van der Waals surface area (Å²) in [5.41, 5.74) is 6.58. The Labute approximate surface area is 393 Å². The Morgan fingerprint density at radius 2 is 1.63 bits per heavy atom. The molecular weight excluding hydrogens is 871 g/mol. The molecule has 4 rings (SSSR count). The van der Waals surface area contributed by atoms with Crippen LogP contribution in [0.15, 0.2) is 50.4 Å². The third kappa shape index (κ3) is 15.7. The van der Waals surface area contributed by atoms with E-state index in [2.05, 4.69) is 15.0 Å². The molecule has 2 amide bonds. The van der Waals surface area contributed by atoms with Gasteiger partial charge in [0.25, 0.3) is 0 Å². The van der Waals surface area contributed by atoms with E-state index in [4.69, 9.17) is 47.4 Å². The largest absolute Gasteiger partial charge is 0.462 e. The molecule has 1 aliphatic rings. The van der Waals surface area contributed by atoms with Gasteiger partial charge in [-0.3, -0.25) is 14.4 Å². The summed E-state index contributed by atoms with van der Waals surface area (Å²) in [5.74, 6) is -1.84. The molecule has 372 valence electrons. The van der Waals surface area contributed by atoms with Crippen molar-refractivity contribution >= 4 is 30.3 Å². The molecule has 0 saturated heterocycles. The van der Waals surface area contributed by atoms with Crippen LogP contribution in [-0.4, -0.2) is 121 Å². The predicted molar refractivity (Wildman–Crippen MR) is 244 cm³/mol. The number of carbonyl (C=O) groups excluding carboxylic acids is 4. The van der Waals surface area contributed by atoms with Gasteiger partial charge in [0.15, 0.2) is 11.4 Å². The molecule has 3 aromatic heterocycles. The monoisotopic (exact) mass is 941 g/mol. The number of ketones is 1. The molecule has 0 radical (unpaired) electrons. The highest BCUT2D eigenvalue weighted by Gasteiger charge is 2.36. The molecule has 3 N–H and O–H groups in total. The molecule has 67 heavy (non-hydrogen) atoms. The van der Waals surface area contributed by atoms with Gasteiger partial charge in [-0.15, -0.1) is 0 Å². The summed E-state index contributed by atoms with van der Waals surface area (Å²) in [5, 5.41) is 11.4. The number of ether oxygens (including phenoxy) is 6. The fraction of sp³-hybridized carbons (Fsp3) is 0.646. The number of cyclic esters (lactones) is 1. The van der Waals surface area contributed by atoms with Gasteiger partial charge in [-0.2, -0.15) is 0 Å². The number of nitrogens with zero attached hydrogens (tertiary/aromatic N) is 4. The number of primary amides is 1. The van der Waals surface area contributed by atoms with Crippen LogP contribution in [0.1, 0.15) is 104 Å². The van der Waals surface area contributed by atoms with Crippen molar-refractivity contribution in [2.24, 2.45) is 41.2 Å². The average Bonchev–Trinajstić information content (AvgIpc) is 4.09. The summed E-state index contributed by atoms with van der Waals surface area (Å²) < 4.78 is 52.4. The third-order valence-electron chi connectivity index (χ3n) is 12.8. The molecule has 0 aliphatic carbocycles. The zero-order valence-corrected chi connectivity index (χ0v) is 40.7. The molecule has 3 aromatic rings. The summed E-state index contributed by atoms with van der Waals surface area (Å²) in [6, 6.07) is 0. The maximum absolute atomic E-state index is 14.0. The van der Waals surface area contributed by atoms with Crippen molar-refractivity contribution in [2.75, 3.05) is 35.5 Å². The number of aliphatic hydroxyl groups excluding tert-OH is 1. The van der Waals surface area contributed by atoms with E-state index in [-0.39, 0.29) is 73.3 Å². The number of nitrogens with two attached hydrogens (primary N) is 1. The molecule has 1 aliphatic heterocycles. The van der Waals surface area contributed by atoms with Gasteiger partial charge >= 0.3 is 12.1 Å². The molecule has 0 unspecified atom stereocenters. The van der Waals surface area contributed by atoms with Gasteiger partial charge in [0.05, 0.1) is 30.8 Å². The standard InChI is InChI=1S/C48H71N5O14/c1-27-19-33(66-48(49)58)21-43(57)67-41(22-40(60-9)28(2)15-16-37(55)30(4)44(61-10)29(3)17-18-53(7)26-54)32(6)39(59-8)13-12-14-42-50-35(24-63-42)46-52-36(25-65-46)47-51-34(23-64-47)45(62-11)31(5)38(56)20-27/h12,14,17-18,23-33,38-41,44-45,56H,13,15-16,19-22H2,1-11H3,(H2,49,58)/t27-,28-,29+,30-,31-,32+,33+,38-,39-,40+,41-,44+,45+/m0/s1. The molecule has 0 spiro atoms. The number of hydrogen-bond donors (Lipinski definition) is 2. The molecule has 6 bridgehead atoms. The minimum absolute atomic E-state index is 0.0194. The number of oxazole rings is 3. The van der Waals surface area contributed by atoms with Crippen molar-refractivity contribution in [3.8, 4) is 23.2 Å². The van der Waals surface area contributed by atoms with Crippen LogP contribution in [0.25, 0.3) is 29.2 Å². The summed E-state index contributed by atoms with van der Waals surface area (Å²) in [6.07, 6.45) is 7.75. The lowest BCUT2D eigenvalue weighted by Crippen LogP contribution is -2.39. The minimum atomic E-state index is -1.05. The Bertz CT molecular complexity index is 2060. The minimum Gasteiger partial charge on any atom is -0.462 e. The topological polar surface area (TPSA) is 251 Å². The fourth-order valence-corrected chi connectivity index (χ4v) is 8.69. The van der Waals surface area contributed by atoms with Crippen LogP contribution >= 0.6 is 0 Å². The highest BCUT2D eigenvalue weighted by atomic mass is 16.6. The lowest BCUT2D eigenvalue weighted by molar-refractivity contribution is -0.160. The van der Waals surface area contributed by atoms with E-state index in [9.17, 15) is 24.3 Å². The molecule has 19 heteroatoms. The number of amides is 2. The summed E-state index contributed by atoms with van der Waals surface area (Å²) in [7, 11) is 7.86. The zero-order chi connectivity index (χ0) is 49.4. The van der Waals surface area contributed by atoms with Gasteiger partial charge in [-0.05, 0) is 43.6 Å². The van der Waals surface area contributed by atoms with Crippen LogP contribution in [0.5, 0.6) is 0 Å². The van der Waals surface area contributed by atoms with E-state index >= 15 is 0 Å². The Hall–Kier alpha value is -5.21. The fourth-order valence-electron chi connectivity index (χ4n) is 8.69. The second-order valence-corrected chi connectivity index (χ2v) is 17.9. The van der Waals surface area contributed by atoms with E-state index in [0.29, 0.717) is 36.3 Å². The first-order chi connectivity index (χ1) is 31.9. The molecule has 13 atom stereocenters. The van der Waals surface area contributed by atoms with Gasteiger partial charge in [0.1, 0.15) is 48.6 Å². The number of esters is 1. The molecule has 19 nitrogen and oxygen atoms in total. The molecule has 0 fully saturated rings. The van der Waals surface area contributed by atoms with Crippen molar-refractivity contribution in [3.05, 3.63) is 48.7 Å². The first-order valence-corrected chi connectivity index (χ1v) is 22.8. The smallest absolute Gasteiger partial charge is 0.404 e. The number of fused-ring (bicyclic) bond motifs is 8. The Kier molecular flexibility index (Phi) is 21.4. The summed E-state index contributed by atoms with van der Waals surface area (Å²) >= 11 is 0. The maximum atomic E-state index is 14.0. The maximum Gasteiger partial charge on any atom is 0.404 e. The molecule has 0 saturated carbocycles. The average molecular weight is 942 g/mol. The number of rotatable bonds is 17. The molecule has 0 aromatic carbocycles. The van der Waals surface area contributed by atoms with Crippen molar-refractivity contribution in [2.45, 2.75) is 129 Å². The second-order valence-electron chi connectivity index (χ2n) is 17.9. The summed E-state index contributed by atoms with van der Waals surface area (Å²) in [6.45, 7) is 11.4. The van der Waals surface area contributed by atoms with Crippen LogP contribution in [0.2, 0.25) is 0 Å². The Morgan fingerprint density at radius 1 is 0.940 bits per heavy atom. The number of carbonyl (C=O) groups is 4. The molecular formula is C48H71N5O14. The number of hydrogen-bond acceptors (Lipinski definition) is 17. The van der Waals surface area contributed by atoms with Gasteiger partial charge in [-0.1, -0.05) is 53.7 Å². The van der Waals surface area contributed by atoms with Gasteiger partial charge in [-0.25, -0.2) is 19.7 Å². The van der Waals surface area contributed by atoms with Gasteiger partial charge in [0, 0.05) is 78.2 Å². The summed E-state index contributed by atoms with van der Waals surface area (Å²) in [4.78, 5) is 65.7. The van der Waals surface area contributed by atoms with Crippen LogP contribution < -0.4 is 5.73 Å². The van der Waals surface area contributed by atoms with Crippen LogP contribution in [0, 0.1) is 35.5 Å². The van der Waals surface area contributed by atoms with E-state index in [1.807, 2.05) is 53.7 Å². The lowest BCUT2D eigenvalue weighted by atomic mass is 9.84. The number of Topliss-reactive ketones (excluding diaryl/α,β-unsaturated/α-hetero) is 1. The van der Waals surface area contributed by atoms with Crippen LogP contribution in [-0.2, 0) is 42.8 Å². The van der Waals surface area contributed by atoms with E-state index < -0.39 is 72.5 Å². The van der Waals surface area contributed by atoms with E-state index in [1.54, 1.807) is 40.7 Å². The zero-order valence-electron chi connectivity index (χ0n) is 40.7. The van der Waals surface area contributed by atoms with Crippen molar-refractivity contribution in [3.63, 3.8) is 0 Å². The first-order valence-electron chi connectivity index (χ1n) is 22.8. The normalized spacial score (nSPS) is 25.8. The number of aliphatic hydroxyl groups is 1. The first kappa shape index (κ1) is 54.4. The van der Waals surface area contributed by atoms with Crippen molar-refractivity contribution < 1.29 is 66.0 Å². The third-order valence-corrected chi connectivity index (χ3v) is 12.8. The van der Waals surface area contributed by atoms with Crippen LogP contribution in [0.4, 0.5) is 4.79 Å². The highest BCUT2D eigenvalue weighted by Crippen LogP contribution is 2.34. The lowest BCUT2D eigenvalue weighted by Gasteiger charge is -2.34. The second kappa shape index (κ2) is 26.4. The van der Waals surface area contributed by atoms with Gasteiger partial charge < -0.3 is 57.4 Å². The van der Waals surface area contributed by atoms with E-state index in [0.717, 1.165) is 0 Å². The number of methoxy groups -OCH3 is 4. The van der Waals surface area contributed by atoms with Gasteiger partial charge in [0.2, 0.25) is 24.1 Å². The highest BCUT2D eigenvalue weighted by molar-refractivity contribution is 5.81. The van der Waals surface area contributed by atoms with E-state index in [1.165, 1.54) is 30.8 Å². The molecule has 4 heterocycles.